The molecule has 0 atom stereocenters. The number of sulfone groups is 1. The topological polar surface area (TPSA) is 112 Å². The predicted molar refractivity (Wildman–Crippen MR) is 106 cm³/mol. The highest BCUT2D eigenvalue weighted by atomic mass is 32.2. The zero-order chi connectivity index (χ0) is 20.4. The van der Waals surface area contributed by atoms with Gasteiger partial charge in [-0.15, -0.1) is 5.10 Å². The van der Waals surface area contributed by atoms with Crippen molar-refractivity contribution < 1.29 is 13.2 Å². The molecule has 0 aliphatic carbocycles. The number of aromatic nitrogens is 5. The van der Waals surface area contributed by atoms with E-state index in [4.69, 9.17) is 4.74 Å². The number of fused-ring (bicyclic) bond motifs is 1. The van der Waals surface area contributed by atoms with Crippen LogP contribution in [-0.2, 0) is 21.2 Å². The molecule has 0 aliphatic rings. The molecular formula is C19H16N6O3S. The Balaban J connectivity index is 1.70. The highest BCUT2D eigenvalue weighted by Crippen LogP contribution is 2.19. The summed E-state index contributed by atoms with van der Waals surface area (Å²) in [4.78, 5) is 8.73. The third-order valence-electron chi connectivity index (χ3n) is 4.02. The summed E-state index contributed by atoms with van der Waals surface area (Å²) in [7, 11) is -1.76. The van der Waals surface area contributed by atoms with Crippen molar-refractivity contribution in [1.29, 1.82) is 0 Å². The number of ether oxygens (including phenoxy) is 1. The fraction of sp³-hybridized carbons (Fsp3) is 0.158. The number of nitrogens with one attached hydrogen (secondary N) is 1. The molecule has 0 amide bonds. The Bertz CT molecular complexity index is 1290. The highest BCUT2D eigenvalue weighted by Gasteiger charge is 2.12. The molecule has 2 aromatic carbocycles. The summed E-state index contributed by atoms with van der Waals surface area (Å²) in [6.45, 7) is 0.479. The summed E-state index contributed by atoms with van der Waals surface area (Å²) in [5.74, 6) is 0.271. The van der Waals surface area contributed by atoms with Crippen molar-refractivity contribution in [2.75, 3.05) is 18.7 Å². The van der Waals surface area contributed by atoms with Crippen molar-refractivity contribution in [2.24, 2.45) is 0 Å². The van der Waals surface area contributed by atoms with Gasteiger partial charge in [-0.1, -0.05) is 23.4 Å². The van der Waals surface area contributed by atoms with Gasteiger partial charge in [-0.3, -0.25) is 0 Å². The SMILES string of the molecule is COCc1cccc(-n2nnc3cnc(Nc4cc#cc(S(C)(=O)=O)c4)nc32)c1. The number of anilines is 2. The van der Waals surface area contributed by atoms with Gasteiger partial charge in [-0.2, -0.15) is 9.67 Å². The summed E-state index contributed by atoms with van der Waals surface area (Å²) in [6, 6.07) is 16.0. The third kappa shape index (κ3) is 4.01. The molecule has 2 aromatic heterocycles. The van der Waals surface area contributed by atoms with E-state index in [-0.39, 0.29) is 10.8 Å². The molecule has 0 aliphatic heterocycles. The van der Waals surface area contributed by atoms with Crippen molar-refractivity contribution in [3.8, 4) is 5.69 Å². The Morgan fingerprint density at radius 2 is 2.14 bits per heavy atom. The van der Waals surface area contributed by atoms with E-state index in [0.717, 1.165) is 17.5 Å². The number of rotatable bonds is 6. The first-order valence-corrected chi connectivity index (χ1v) is 10.4. The fourth-order valence-corrected chi connectivity index (χ4v) is 3.30. The lowest BCUT2D eigenvalue weighted by Gasteiger charge is -2.07. The lowest BCUT2D eigenvalue weighted by molar-refractivity contribution is 0.185. The molecule has 0 unspecified atom stereocenters. The van der Waals surface area contributed by atoms with Gasteiger partial charge in [-0.05, 0) is 29.8 Å². The van der Waals surface area contributed by atoms with Crippen molar-refractivity contribution in [1.82, 2.24) is 25.0 Å². The first kappa shape index (κ1) is 18.8. The van der Waals surface area contributed by atoms with Crippen LogP contribution < -0.4 is 5.32 Å². The molecule has 0 spiro atoms. The van der Waals surface area contributed by atoms with E-state index in [1.807, 2.05) is 24.3 Å². The second kappa shape index (κ2) is 7.46. The smallest absolute Gasteiger partial charge is 0.229 e. The van der Waals surface area contributed by atoms with Crippen LogP contribution in [0, 0.1) is 12.1 Å². The molecule has 0 saturated carbocycles. The average Bonchev–Trinajstić information content (AvgIpc) is 3.11. The standard InChI is InChI=1S/C19H16N6O3S/c1-28-12-13-5-3-7-15(9-13)25-18-17(23-24-25)11-20-19(22-18)21-14-6-4-8-16(10-14)29(2,26)27/h3,5-7,9-11H,12H2,1-2H3,(H,20,21,22). The van der Waals surface area contributed by atoms with Crippen LogP contribution in [0.4, 0.5) is 11.6 Å². The van der Waals surface area contributed by atoms with E-state index in [9.17, 15) is 8.42 Å². The van der Waals surface area contributed by atoms with Gasteiger partial charge in [-0.25, -0.2) is 13.4 Å². The van der Waals surface area contributed by atoms with Crippen molar-refractivity contribution >= 4 is 32.6 Å². The molecule has 10 heteroatoms. The van der Waals surface area contributed by atoms with E-state index < -0.39 is 9.84 Å². The van der Waals surface area contributed by atoms with Gasteiger partial charge in [0, 0.05) is 19.4 Å². The van der Waals surface area contributed by atoms with Gasteiger partial charge in [0.2, 0.25) is 5.95 Å². The van der Waals surface area contributed by atoms with Crippen LogP contribution in [-0.4, -0.2) is 46.7 Å². The normalized spacial score (nSPS) is 11.4. The van der Waals surface area contributed by atoms with Crippen molar-refractivity contribution in [3.63, 3.8) is 0 Å². The average molecular weight is 408 g/mol. The Kier molecular flexibility index (Phi) is 4.84. The molecule has 2 heterocycles. The van der Waals surface area contributed by atoms with E-state index in [1.54, 1.807) is 24.1 Å². The molecular weight excluding hydrogens is 392 g/mol. The Morgan fingerprint density at radius 3 is 2.93 bits per heavy atom. The molecule has 29 heavy (non-hydrogen) atoms. The van der Waals surface area contributed by atoms with Crippen LogP contribution in [0.2, 0.25) is 0 Å². The van der Waals surface area contributed by atoms with Gasteiger partial charge in [0.15, 0.2) is 21.0 Å². The van der Waals surface area contributed by atoms with Crippen LogP contribution in [0.25, 0.3) is 16.9 Å². The van der Waals surface area contributed by atoms with E-state index in [2.05, 4.69) is 37.7 Å². The second-order valence-electron chi connectivity index (χ2n) is 6.28. The van der Waals surface area contributed by atoms with Crippen molar-refractivity contribution in [3.05, 3.63) is 60.3 Å². The lowest BCUT2D eigenvalue weighted by Crippen LogP contribution is -2.03. The molecule has 0 bridgehead atoms. The fourth-order valence-electron chi connectivity index (χ4n) is 2.71. The maximum absolute atomic E-state index is 11.7. The van der Waals surface area contributed by atoms with Crippen LogP contribution in [0.5, 0.6) is 0 Å². The number of nitrogens with zero attached hydrogens (tertiary/aromatic N) is 5. The van der Waals surface area contributed by atoms with E-state index in [1.165, 1.54) is 6.07 Å². The van der Waals surface area contributed by atoms with Crippen LogP contribution >= 0.6 is 0 Å². The van der Waals surface area contributed by atoms with Gasteiger partial charge < -0.3 is 10.1 Å². The zero-order valence-electron chi connectivity index (χ0n) is 15.6. The minimum Gasteiger partial charge on any atom is -0.380 e. The molecule has 0 radical (unpaired) electrons. The monoisotopic (exact) mass is 408 g/mol. The molecule has 4 aromatic rings. The summed E-state index contributed by atoms with van der Waals surface area (Å²) < 4.78 is 30.2. The first-order chi connectivity index (χ1) is 13.9. The van der Waals surface area contributed by atoms with Gasteiger partial charge in [0.1, 0.15) is 4.90 Å². The summed E-state index contributed by atoms with van der Waals surface area (Å²) in [5.41, 5.74) is 3.29. The quantitative estimate of drug-likeness (QED) is 0.516. The Hall–Kier alpha value is -3.55. The van der Waals surface area contributed by atoms with E-state index >= 15 is 0 Å². The minimum atomic E-state index is -3.40. The van der Waals surface area contributed by atoms with Gasteiger partial charge in [0.05, 0.1) is 24.2 Å². The maximum Gasteiger partial charge on any atom is 0.229 e. The molecule has 9 nitrogen and oxygen atoms in total. The zero-order valence-corrected chi connectivity index (χ0v) is 16.4. The summed E-state index contributed by atoms with van der Waals surface area (Å²) in [6.07, 6.45) is 2.66. The molecule has 0 saturated heterocycles. The third-order valence-corrected chi connectivity index (χ3v) is 5.04. The molecule has 0 fully saturated rings. The van der Waals surface area contributed by atoms with Crippen LogP contribution in [0.15, 0.2) is 47.5 Å². The molecule has 1 N–H and O–H groups in total. The maximum atomic E-state index is 11.7. The number of benzene rings is 1. The van der Waals surface area contributed by atoms with Gasteiger partial charge in [0.25, 0.3) is 0 Å². The van der Waals surface area contributed by atoms with E-state index in [0.29, 0.717) is 23.5 Å². The van der Waals surface area contributed by atoms with Crippen LogP contribution in [0.1, 0.15) is 5.56 Å². The van der Waals surface area contributed by atoms with Gasteiger partial charge >= 0.3 is 0 Å². The van der Waals surface area contributed by atoms with Crippen molar-refractivity contribution in [2.45, 2.75) is 11.5 Å². The highest BCUT2D eigenvalue weighted by molar-refractivity contribution is 7.90. The Labute approximate surface area is 167 Å². The number of hydrogen-bond donors (Lipinski definition) is 1. The second-order valence-corrected chi connectivity index (χ2v) is 8.27. The number of methoxy groups -OCH3 is 1. The molecule has 4 rings (SSSR count). The first-order valence-electron chi connectivity index (χ1n) is 8.51. The number of hydrogen-bond acceptors (Lipinski definition) is 8. The lowest BCUT2D eigenvalue weighted by atomic mass is 10.2. The summed E-state index contributed by atoms with van der Waals surface area (Å²) >= 11 is 0. The molecule has 146 valence electrons. The Morgan fingerprint density at radius 1 is 1.28 bits per heavy atom. The summed E-state index contributed by atoms with van der Waals surface area (Å²) in [5, 5.41) is 11.3. The minimum absolute atomic E-state index is 0.0326. The predicted octanol–water partition coefficient (Wildman–Crippen LogP) is 2.10. The van der Waals surface area contributed by atoms with Crippen LogP contribution in [0.3, 0.4) is 0 Å². The largest absolute Gasteiger partial charge is 0.380 e.